The van der Waals surface area contributed by atoms with Crippen molar-refractivity contribution in [3.05, 3.63) is 70.2 Å². The molecule has 2 bridgehead atoms. The molecular formula is C44H53F2N11O6. The fraction of sp³-hybridized carbons (Fsp3) is 0.568. The number of nitrogens with one attached hydrogen (secondary N) is 2. The monoisotopic (exact) mass is 869 g/mol. The number of benzene rings is 1. The molecule has 0 radical (unpaired) electrons. The van der Waals surface area contributed by atoms with Crippen LogP contribution in [-0.2, 0) is 32.5 Å². The second kappa shape index (κ2) is 17.2. The molecule has 334 valence electrons. The first-order chi connectivity index (χ1) is 30.6. The molecule has 1 aromatic carbocycles. The van der Waals surface area contributed by atoms with Gasteiger partial charge in [0.05, 0.1) is 53.8 Å². The van der Waals surface area contributed by atoms with Gasteiger partial charge >= 0.3 is 5.69 Å². The third kappa shape index (κ3) is 8.25. The number of imidazole rings is 1. The molecular weight excluding hydrogens is 817 g/mol. The van der Waals surface area contributed by atoms with Gasteiger partial charge in [0.15, 0.2) is 11.3 Å². The third-order valence-corrected chi connectivity index (χ3v) is 13.9. The van der Waals surface area contributed by atoms with Gasteiger partial charge in [-0.2, -0.15) is 10.2 Å². The number of anilines is 2. The summed E-state index contributed by atoms with van der Waals surface area (Å²) >= 11 is 0. The smallest absolute Gasteiger partial charge is 0.329 e. The highest BCUT2D eigenvalue weighted by Gasteiger charge is 2.40. The maximum Gasteiger partial charge on any atom is 0.329 e. The van der Waals surface area contributed by atoms with Crippen molar-refractivity contribution >= 4 is 45.9 Å². The average molecular weight is 870 g/mol. The van der Waals surface area contributed by atoms with E-state index in [9.17, 15) is 28.0 Å². The number of hydrogen-bond donors (Lipinski definition) is 2. The summed E-state index contributed by atoms with van der Waals surface area (Å²) in [6.07, 6.45) is 10.8. The predicted molar refractivity (Wildman–Crippen MR) is 227 cm³/mol. The van der Waals surface area contributed by atoms with E-state index in [0.717, 1.165) is 101 Å². The van der Waals surface area contributed by atoms with Crippen LogP contribution in [-0.4, -0.2) is 114 Å². The van der Waals surface area contributed by atoms with Crippen LogP contribution in [0.25, 0.3) is 16.7 Å². The first-order valence-corrected chi connectivity index (χ1v) is 22.3. The highest BCUT2D eigenvalue weighted by molar-refractivity contribution is 6.08. The van der Waals surface area contributed by atoms with Crippen LogP contribution in [0.1, 0.15) is 104 Å². The Morgan fingerprint density at radius 1 is 1.03 bits per heavy atom. The number of carbonyl (C=O) groups excluding carboxylic acids is 3. The standard InChI is InChI=1S/C44H53F2N11O6/c1-52-34-9-6-26(19-36(34)57(44(52)61)35-10-11-38(58)50-43(35)60)3-2-18-62-30-12-15-53(16-13-30)22-27-4-7-28(8-5-27)56-24-33(39(51-56)40(45)46)48-42(59)32-21-47-55-17-14-37(49-41(32)55)54-23-31-20-29(54)25-63-31/h6,9,14,17,19,21,24,27-31,35,40H,2-5,7-8,10-13,15-16,18,20,22-23,25H2,1H3,(H,48,59)(H,50,58,60)/t27-,28-,29-,31-,35?/m1/s1. The number of amides is 3. The summed E-state index contributed by atoms with van der Waals surface area (Å²) < 4.78 is 46.8. The van der Waals surface area contributed by atoms with E-state index in [0.29, 0.717) is 36.7 Å². The minimum absolute atomic E-state index is 0.000885. The van der Waals surface area contributed by atoms with E-state index < -0.39 is 30.0 Å². The highest BCUT2D eigenvalue weighted by Crippen LogP contribution is 2.36. The van der Waals surface area contributed by atoms with Gasteiger partial charge in [-0.25, -0.2) is 23.1 Å². The number of piperidine rings is 2. The summed E-state index contributed by atoms with van der Waals surface area (Å²) in [5.74, 6) is -0.0785. The van der Waals surface area contributed by atoms with Crippen LogP contribution in [0.3, 0.4) is 0 Å². The molecule has 4 aliphatic heterocycles. The number of nitrogens with zero attached hydrogens (tertiary/aromatic N) is 9. The normalized spacial score (nSPS) is 24.6. The fourth-order valence-corrected chi connectivity index (χ4v) is 10.4. The van der Waals surface area contributed by atoms with E-state index in [2.05, 4.69) is 30.6 Å². The third-order valence-electron chi connectivity index (χ3n) is 13.9. The van der Waals surface area contributed by atoms with Crippen molar-refractivity contribution in [2.24, 2.45) is 13.0 Å². The molecule has 5 aromatic rings. The van der Waals surface area contributed by atoms with Gasteiger partial charge in [0.1, 0.15) is 17.4 Å². The van der Waals surface area contributed by atoms with Gasteiger partial charge in [-0.3, -0.25) is 33.5 Å². The number of likely N-dealkylation sites (tertiary alicyclic amines) is 1. The molecule has 4 saturated heterocycles. The average Bonchev–Trinajstić information content (AvgIpc) is 4.13. The van der Waals surface area contributed by atoms with Crippen LogP contribution in [0.5, 0.6) is 0 Å². The molecule has 17 nitrogen and oxygen atoms in total. The van der Waals surface area contributed by atoms with Crippen molar-refractivity contribution in [3.8, 4) is 0 Å². The number of morpholine rings is 1. The summed E-state index contributed by atoms with van der Waals surface area (Å²) in [7, 11) is 1.70. The number of carbonyl (C=O) groups is 3. The van der Waals surface area contributed by atoms with E-state index >= 15 is 0 Å². The van der Waals surface area contributed by atoms with E-state index in [1.807, 2.05) is 24.3 Å². The Kier molecular flexibility index (Phi) is 11.3. The lowest BCUT2D eigenvalue weighted by Crippen LogP contribution is -2.44. The summed E-state index contributed by atoms with van der Waals surface area (Å²) in [6.45, 7) is 4.93. The van der Waals surface area contributed by atoms with Gasteiger partial charge in [0, 0.05) is 58.6 Å². The van der Waals surface area contributed by atoms with Crippen molar-refractivity contribution in [3.63, 3.8) is 0 Å². The Hall–Kier alpha value is -5.53. The number of ether oxygens (including phenoxy) is 2. The number of alkyl halides is 2. The fourth-order valence-electron chi connectivity index (χ4n) is 10.4. The zero-order valence-electron chi connectivity index (χ0n) is 35.3. The molecule has 1 unspecified atom stereocenters. The Balaban J connectivity index is 0.677. The SMILES string of the molecule is Cn1c(=O)n(C2CCC(=O)NC2=O)c2cc(CCCOC3CCN(C[C@H]4CC[C@H](n5cc(NC(=O)c6cnn7ccc(N8C[C@H]9C[C@@H]8CO9)nc67)c(C(F)F)n5)CC4)CC3)ccc21. The molecule has 5 fully saturated rings. The van der Waals surface area contributed by atoms with Crippen molar-refractivity contribution in [2.45, 2.75) is 107 Å². The van der Waals surface area contributed by atoms with Crippen LogP contribution in [0, 0.1) is 5.92 Å². The van der Waals surface area contributed by atoms with Crippen LogP contribution >= 0.6 is 0 Å². The van der Waals surface area contributed by atoms with E-state index in [-0.39, 0.29) is 53.6 Å². The Morgan fingerprint density at radius 2 is 1.86 bits per heavy atom. The molecule has 5 aliphatic rings. The molecule has 10 rings (SSSR count). The Morgan fingerprint density at radius 3 is 2.60 bits per heavy atom. The molecule has 1 saturated carbocycles. The molecule has 63 heavy (non-hydrogen) atoms. The lowest BCUT2D eigenvalue weighted by molar-refractivity contribution is -0.135. The zero-order chi connectivity index (χ0) is 43.4. The maximum atomic E-state index is 14.3. The lowest BCUT2D eigenvalue weighted by atomic mass is 9.85. The van der Waals surface area contributed by atoms with Crippen molar-refractivity contribution in [2.75, 3.05) is 49.6 Å². The van der Waals surface area contributed by atoms with Crippen LogP contribution in [0.15, 0.2) is 47.7 Å². The molecule has 1 aliphatic carbocycles. The van der Waals surface area contributed by atoms with Gasteiger partial charge in [0.25, 0.3) is 12.3 Å². The highest BCUT2D eigenvalue weighted by atomic mass is 19.3. The minimum Gasteiger partial charge on any atom is -0.378 e. The number of rotatable bonds is 13. The molecule has 3 atom stereocenters. The summed E-state index contributed by atoms with van der Waals surface area (Å²) in [5.41, 5.74) is 2.34. The number of aryl methyl sites for hydroxylation is 2. The second-order valence-electron chi connectivity index (χ2n) is 17.9. The molecule has 4 aromatic heterocycles. The minimum atomic E-state index is -2.86. The van der Waals surface area contributed by atoms with Crippen LogP contribution in [0.4, 0.5) is 20.3 Å². The van der Waals surface area contributed by atoms with Gasteiger partial charge in [-0.05, 0) is 93.9 Å². The topological polar surface area (TPSA) is 175 Å². The van der Waals surface area contributed by atoms with Gasteiger partial charge in [-0.1, -0.05) is 6.07 Å². The van der Waals surface area contributed by atoms with Crippen molar-refractivity contribution in [1.82, 2.24) is 43.7 Å². The molecule has 19 heteroatoms. The van der Waals surface area contributed by atoms with Gasteiger partial charge in [0.2, 0.25) is 11.8 Å². The molecule has 2 N–H and O–H groups in total. The summed E-state index contributed by atoms with van der Waals surface area (Å²) in [4.78, 5) is 60.4. The number of hydrogen-bond acceptors (Lipinski definition) is 11. The first-order valence-electron chi connectivity index (χ1n) is 22.3. The van der Waals surface area contributed by atoms with Gasteiger partial charge < -0.3 is 24.6 Å². The van der Waals surface area contributed by atoms with Crippen molar-refractivity contribution < 1.29 is 32.6 Å². The van der Waals surface area contributed by atoms with E-state index in [4.69, 9.17) is 14.5 Å². The predicted octanol–water partition coefficient (Wildman–Crippen LogP) is 4.57. The van der Waals surface area contributed by atoms with Crippen LogP contribution < -0.4 is 21.2 Å². The number of fused-ring (bicyclic) bond motifs is 4. The Bertz CT molecular complexity index is 2590. The molecule has 3 amide bonds. The second-order valence-corrected chi connectivity index (χ2v) is 17.9. The van der Waals surface area contributed by atoms with Gasteiger partial charge in [-0.15, -0.1) is 0 Å². The van der Waals surface area contributed by atoms with E-state index in [1.54, 1.807) is 28.7 Å². The molecule has 0 spiro atoms. The number of halogens is 2. The zero-order valence-corrected chi connectivity index (χ0v) is 35.3. The molecule has 8 heterocycles. The quantitative estimate of drug-likeness (QED) is 0.125. The first kappa shape index (κ1) is 41.5. The summed E-state index contributed by atoms with van der Waals surface area (Å²) in [5, 5.41) is 13.6. The number of aromatic nitrogens is 7. The lowest BCUT2D eigenvalue weighted by Gasteiger charge is -2.36. The van der Waals surface area contributed by atoms with Crippen LogP contribution in [0.2, 0.25) is 0 Å². The van der Waals surface area contributed by atoms with E-state index in [1.165, 1.54) is 15.3 Å². The maximum absolute atomic E-state index is 14.3. The van der Waals surface area contributed by atoms with Crippen molar-refractivity contribution in [1.29, 1.82) is 0 Å². The largest absolute Gasteiger partial charge is 0.378 e. The Labute approximate surface area is 361 Å². The summed E-state index contributed by atoms with van der Waals surface area (Å²) in [6, 6.07) is 7.28. The number of imide groups is 1.